The van der Waals surface area contributed by atoms with Crippen LogP contribution in [0.5, 0.6) is 11.5 Å². The predicted molar refractivity (Wildman–Crippen MR) is 94.5 cm³/mol. The molecule has 1 atom stereocenters. The molecule has 0 saturated heterocycles. The first-order valence-corrected chi connectivity index (χ1v) is 8.04. The lowest BCUT2D eigenvalue weighted by Crippen LogP contribution is -2.18. The Morgan fingerprint density at radius 3 is 2.52 bits per heavy atom. The van der Waals surface area contributed by atoms with Crippen LogP contribution in [-0.4, -0.2) is 24.4 Å². The third-order valence-electron chi connectivity index (χ3n) is 3.91. The van der Waals surface area contributed by atoms with Crippen LogP contribution in [0.4, 0.5) is 0 Å². The Labute approximate surface area is 146 Å². The molecular formula is C19H21N3O3. The minimum absolute atomic E-state index is 0.0611. The molecule has 6 nitrogen and oxygen atoms in total. The van der Waals surface area contributed by atoms with Crippen LogP contribution in [0.3, 0.4) is 0 Å². The minimum Gasteiger partial charge on any atom is -0.497 e. The van der Waals surface area contributed by atoms with Gasteiger partial charge in [0.15, 0.2) is 0 Å². The van der Waals surface area contributed by atoms with E-state index < -0.39 is 0 Å². The van der Waals surface area contributed by atoms with Gasteiger partial charge in [-0.3, -0.25) is 0 Å². The smallest absolute Gasteiger partial charge is 0.243 e. The zero-order valence-electron chi connectivity index (χ0n) is 14.5. The van der Waals surface area contributed by atoms with Crippen molar-refractivity contribution in [2.45, 2.75) is 19.5 Å². The normalized spacial score (nSPS) is 12.0. The Hall–Kier alpha value is -2.86. The standard InChI is InChI=1S/C19H21N3O3/c1-13(20-12-14-7-9-16(23-2)10-8-14)19-21-18(22-25-19)15-5-4-6-17(11-15)24-3/h4-11,13,20H,12H2,1-3H3. The molecule has 0 aliphatic rings. The van der Waals surface area contributed by atoms with Crippen molar-refractivity contribution in [3.63, 3.8) is 0 Å². The van der Waals surface area contributed by atoms with E-state index in [0.29, 0.717) is 18.3 Å². The first-order valence-electron chi connectivity index (χ1n) is 8.04. The van der Waals surface area contributed by atoms with Crippen molar-refractivity contribution in [2.24, 2.45) is 0 Å². The number of methoxy groups -OCH3 is 2. The van der Waals surface area contributed by atoms with Crippen LogP contribution in [0.2, 0.25) is 0 Å². The summed E-state index contributed by atoms with van der Waals surface area (Å²) in [4.78, 5) is 4.48. The van der Waals surface area contributed by atoms with Gasteiger partial charge in [-0.15, -0.1) is 0 Å². The van der Waals surface area contributed by atoms with Gasteiger partial charge in [-0.1, -0.05) is 29.4 Å². The Morgan fingerprint density at radius 1 is 1.04 bits per heavy atom. The van der Waals surface area contributed by atoms with Gasteiger partial charge in [-0.05, 0) is 36.8 Å². The zero-order chi connectivity index (χ0) is 17.6. The van der Waals surface area contributed by atoms with Crippen molar-refractivity contribution in [3.8, 4) is 22.9 Å². The quantitative estimate of drug-likeness (QED) is 0.709. The largest absolute Gasteiger partial charge is 0.497 e. The highest BCUT2D eigenvalue weighted by Gasteiger charge is 2.15. The van der Waals surface area contributed by atoms with Gasteiger partial charge >= 0.3 is 0 Å². The fraction of sp³-hybridized carbons (Fsp3) is 0.263. The molecular weight excluding hydrogens is 318 g/mol. The summed E-state index contributed by atoms with van der Waals surface area (Å²) in [5.74, 6) is 2.70. The van der Waals surface area contributed by atoms with E-state index in [1.54, 1.807) is 14.2 Å². The number of benzene rings is 2. The van der Waals surface area contributed by atoms with Crippen LogP contribution in [0.1, 0.15) is 24.4 Å². The number of hydrogen-bond acceptors (Lipinski definition) is 6. The van der Waals surface area contributed by atoms with Gasteiger partial charge in [0.25, 0.3) is 0 Å². The van der Waals surface area contributed by atoms with Crippen molar-refractivity contribution in [1.29, 1.82) is 0 Å². The Bertz CT molecular complexity index is 815. The van der Waals surface area contributed by atoms with E-state index in [0.717, 1.165) is 22.6 Å². The lowest BCUT2D eigenvalue weighted by Gasteiger charge is -2.09. The molecule has 0 spiro atoms. The molecule has 6 heteroatoms. The fourth-order valence-corrected chi connectivity index (χ4v) is 2.39. The average Bonchev–Trinajstić information content (AvgIpc) is 3.17. The summed E-state index contributed by atoms with van der Waals surface area (Å²) in [6.07, 6.45) is 0. The SMILES string of the molecule is COc1ccc(CNC(C)c2nc(-c3cccc(OC)c3)no2)cc1. The minimum atomic E-state index is -0.0611. The van der Waals surface area contributed by atoms with E-state index in [1.807, 2.05) is 55.5 Å². The molecule has 0 aliphatic carbocycles. The van der Waals surface area contributed by atoms with Crippen molar-refractivity contribution >= 4 is 0 Å². The van der Waals surface area contributed by atoms with Gasteiger partial charge in [0.2, 0.25) is 11.7 Å². The van der Waals surface area contributed by atoms with Crippen molar-refractivity contribution in [2.75, 3.05) is 14.2 Å². The molecule has 1 N–H and O–H groups in total. The highest BCUT2D eigenvalue weighted by atomic mass is 16.5. The monoisotopic (exact) mass is 339 g/mol. The van der Waals surface area contributed by atoms with Crippen molar-refractivity contribution in [1.82, 2.24) is 15.5 Å². The highest BCUT2D eigenvalue weighted by molar-refractivity contribution is 5.56. The zero-order valence-corrected chi connectivity index (χ0v) is 14.5. The molecule has 1 heterocycles. The molecule has 25 heavy (non-hydrogen) atoms. The maximum absolute atomic E-state index is 5.39. The molecule has 130 valence electrons. The summed E-state index contributed by atoms with van der Waals surface area (Å²) in [5, 5.41) is 7.44. The molecule has 0 saturated carbocycles. The number of rotatable bonds is 7. The Morgan fingerprint density at radius 2 is 1.80 bits per heavy atom. The Balaban J connectivity index is 1.64. The topological polar surface area (TPSA) is 69.4 Å². The molecule has 0 bridgehead atoms. The molecule has 1 aromatic heterocycles. The van der Waals surface area contributed by atoms with Gasteiger partial charge in [-0.2, -0.15) is 4.98 Å². The summed E-state index contributed by atoms with van der Waals surface area (Å²) >= 11 is 0. The summed E-state index contributed by atoms with van der Waals surface area (Å²) in [6.45, 7) is 2.69. The lowest BCUT2D eigenvalue weighted by molar-refractivity contribution is 0.339. The number of ether oxygens (including phenoxy) is 2. The third kappa shape index (κ3) is 4.16. The maximum atomic E-state index is 5.39. The molecule has 0 radical (unpaired) electrons. The molecule has 3 rings (SSSR count). The molecule has 2 aromatic carbocycles. The van der Waals surface area contributed by atoms with Crippen LogP contribution in [-0.2, 0) is 6.54 Å². The molecule has 1 unspecified atom stereocenters. The number of hydrogen-bond donors (Lipinski definition) is 1. The van der Waals surface area contributed by atoms with E-state index in [9.17, 15) is 0 Å². The number of aromatic nitrogens is 2. The lowest BCUT2D eigenvalue weighted by atomic mass is 10.2. The second kappa shape index (κ2) is 7.81. The summed E-state index contributed by atoms with van der Waals surface area (Å²) < 4.78 is 15.8. The average molecular weight is 339 g/mol. The third-order valence-corrected chi connectivity index (χ3v) is 3.91. The van der Waals surface area contributed by atoms with Gasteiger partial charge in [0.05, 0.1) is 20.3 Å². The van der Waals surface area contributed by atoms with E-state index in [1.165, 1.54) is 0 Å². The van der Waals surface area contributed by atoms with E-state index in [2.05, 4.69) is 15.5 Å². The number of nitrogens with zero attached hydrogens (tertiary/aromatic N) is 2. The molecule has 0 fully saturated rings. The van der Waals surface area contributed by atoms with Gasteiger partial charge in [0, 0.05) is 12.1 Å². The summed E-state index contributed by atoms with van der Waals surface area (Å²) in [7, 11) is 3.29. The van der Waals surface area contributed by atoms with Crippen LogP contribution in [0.25, 0.3) is 11.4 Å². The second-order valence-corrected chi connectivity index (χ2v) is 5.64. The first kappa shape index (κ1) is 17.0. The van der Waals surface area contributed by atoms with Crippen molar-refractivity contribution in [3.05, 3.63) is 60.0 Å². The van der Waals surface area contributed by atoms with Gasteiger partial charge in [-0.25, -0.2) is 0 Å². The second-order valence-electron chi connectivity index (χ2n) is 5.64. The fourth-order valence-electron chi connectivity index (χ4n) is 2.39. The van der Waals surface area contributed by atoms with E-state index in [-0.39, 0.29) is 6.04 Å². The number of nitrogens with one attached hydrogen (secondary N) is 1. The van der Waals surface area contributed by atoms with E-state index >= 15 is 0 Å². The van der Waals surface area contributed by atoms with Gasteiger partial charge in [0.1, 0.15) is 11.5 Å². The maximum Gasteiger partial charge on any atom is 0.243 e. The van der Waals surface area contributed by atoms with E-state index in [4.69, 9.17) is 14.0 Å². The van der Waals surface area contributed by atoms with Crippen LogP contribution in [0, 0.1) is 0 Å². The summed E-state index contributed by atoms with van der Waals surface area (Å²) in [5.41, 5.74) is 2.01. The highest BCUT2D eigenvalue weighted by Crippen LogP contribution is 2.23. The van der Waals surface area contributed by atoms with Crippen LogP contribution < -0.4 is 14.8 Å². The molecule has 0 aliphatic heterocycles. The van der Waals surface area contributed by atoms with Crippen LogP contribution in [0.15, 0.2) is 53.1 Å². The van der Waals surface area contributed by atoms with Crippen LogP contribution >= 0.6 is 0 Å². The molecule has 0 amide bonds. The van der Waals surface area contributed by atoms with Gasteiger partial charge < -0.3 is 19.3 Å². The predicted octanol–water partition coefficient (Wildman–Crippen LogP) is 3.60. The first-order chi connectivity index (χ1) is 12.2. The Kier molecular flexibility index (Phi) is 5.30. The molecule has 3 aromatic rings. The van der Waals surface area contributed by atoms with Crippen molar-refractivity contribution < 1.29 is 14.0 Å². The summed E-state index contributed by atoms with van der Waals surface area (Å²) in [6, 6.07) is 15.4.